The Morgan fingerprint density at radius 3 is 2.54 bits per heavy atom. The fourth-order valence-corrected chi connectivity index (χ4v) is 7.27. The molecule has 2 amide bonds. The Morgan fingerprint density at radius 1 is 1.10 bits per heavy atom. The quantitative estimate of drug-likeness (QED) is 0.0463. The van der Waals surface area contributed by atoms with Crippen molar-refractivity contribution in [1.29, 1.82) is 0 Å². The van der Waals surface area contributed by atoms with E-state index in [-0.39, 0.29) is 55.1 Å². The zero-order valence-electron chi connectivity index (χ0n) is 29.7. The number of para-hydroxylation sites is 1. The molecule has 0 saturated carbocycles. The summed E-state index contributed by atoms with van der Waals surface area (Å²) in [5, 5.41) is 35.6. The van der Waals surface area contributed by atoms with Gasteiger partial charge in [0.05, 0.1) is 25.3 Å². The maximum atomic E-state index is 13.7. The van der Waals surface area contributed by atoms with Crippen molar-refractivity contribution in [2.45, 2.75) is 75.1 Å². The Hall–Kier alpha value is -5.13. The molecule has 1 fully saturated rings. The van der Waals surface area contributed by atoms with Gasteiger partial charge in [-0.2, -0.15) is 0 Å². The standard InChI is InChI=1S/C35H47N9O8/c1-18(2)25(36)30(47)52-15-14-50-20-10-8-19(9-11-20)28(45)39-16-23-27-34(43-31(37)42-27)35(48,49)24(17-44(34)32(38)40-23)41-29(46)21-6-5-7-22-26(21)51-13-12-33(22,3)4/h5-11,18,23-25,27,48-49H,12-17,36H2,1-4H3,(H7,37,38,39,40,41,42,43,45,46)/p+2/t23-,24?,25-,27-,34-/m0/s1. The van der Waals surface area contributed by atoms with Gasteiger partial charge in [0.1, 0.15) is 42.8 Å². The highest BCUT2D eigenvalue weighted by Crippen LogP contribution is 2.41. The molecule has 4 aliphatic rings. The van der Waals surface area contributed by atoms with Crippen molar-refractivity contribution in [2.75, 3.05) is 32.9 Å². The van der Waals surface area contributed by atoms with Gasteiger partial charge in [-0.05, 0) is 48.1 Å². The van der Waals surface area contributed by atoms with Crippen LogP contribution in [0.2, 0.25) is 0 Å². The number of nitrogens with two attached hydrogens (primary N) is 3. The van der Waals surface area contributed by atoms with Gasteiger partial charge in [-0.25, -0.2) is 9.89 Å². The Morgan fingerprint density at radius 2 is 1.83 bits per heavy atom. The number of aliphatic hydroxyl groups is 2. The number of esters is 1. The first kappa shape index (κ1) is 36.7. The normalized spacial score (nSPS) is 25.6. The van der Waals surface area contributed by atoms with E-state index in [2.05, 4.69) is 40.1 Å². The summed E-state index contributed by atoms with van der Waals surface area (Å²) in [4.78, 5) is 41.9. The number of hydrogen-bond acceptors (Lipinski definition) is 13. The van der Waals surface area contributed by atoms with Crippen molar-refractivity contribution < 1.29 is 48.4 Å². The molecule has 280 valence electrons. The molecule has 13 N–H and O–H groups in total. The van der Waals surface area contributed by atoms with Gasteiger partial charge in [-0.1, -0.05) is 39.8 Å². The highest BCUT2D eigenvalue weighted by atomic mass is 16.6. The predicted octanol–water partition coefficient (Wildman–Crippen LogP) is -3.76. The number of rotatable bonds is 11. The summed E-state index contributed by atoms with van der Waals surface area (Å²) in [7, 11) is 0. The van der Waals surface area contributed by atoms with E-state index in [4.69, 9.17) is 31.4 Å². The van der Waals surface area contributed by atoms with Crippen LogP contribution in [0.4, 0.5) is 0 Å². The minimum Gasteiger partial charge on any atom is -0.492 e. The van der Waals surface area contributed by atoms with E-state index >= 15 is 0 Å². The van der Waals surface area contributed by atoms with E-state index in [1.165, 1.54) is 4.58 Å². The van der Waals surface area contributed by atoms with Gasteiger partial charge in [-0.15, -0.1) is 0 Å². The van der Waals surface area contributed by atoms with Crippen LogP contribution in [0.15, 0.2) is 42.5 Å². The number of hydrogen-bond donors (Lipinski definition) is 10. The molecule has 2 aromatic rings. The van der Waals surface area contributed by atoms with Gasteiger partial charge >= 0.3 is 17.9 Å². The van der Waals surface area contributed by atoms with E-state index in [0.717, 1.165) is 12.0 Å². The number of nitrogens with one attached hydrogen (secondary N) is 5. The zero-order chi connectivity index (χ0) is 37.6. The van der Waals surface area contributed by atoms with E-state index in [1.807, 2.05) is 19.9 Å². The lowest BCUT2D eigenvalue weighted by atomic mass is 9.79. The molecule has 0 aliphatic carbocycles. The number of carbonyl (C=O) groups excluding carboxylic acids is 3. The van der Waals surface area contributed by atoms with E-state index in [9.17, 15) is 24.6 Å². The molecule has 52 heavy (non-hydrogen) atoms. The number of benzene rings is 2. The molecule has 0 bridgehead atoms. The second-order valence-corrected chi connectivity index (χ2v) is 14.6. The second-order valence-electron chi connectivity index (χ2n) is 14.6. The van der Waals surface area contributed by atoms with E-state index < -0.39 is 53.4 Å². The molecule has 6 rings (SSSR count). The monoisotopic (exact) mass is 723 g/mol. The predicted molar refractivity (Wildman–Crippen MR) is 187 cm³/mol. The fraction of sp³-hybridized carbons (Fsp3) is 0.514. The molecular weight excluding hydrogens is 674 g/mol. The molecule has 2 aromatic carbocycles. The lowest BCUT2D eigenvalue weighted by Crippen LogP contribution is -2.92. The van der Waals surface area contributed by atoms with Gasteiger partial charge in [-0.3, -0.25) is 36.2 Å². The minimum absolute atomic E-state index is 0.000263. The average Bonchev–Trinajstić information content (AvgIpc) is 3.57. The van der Waals surface area contributed by atoms with Crippen LogP contribution in [0.1, 0.15) is 60.4 Å². The summed E-state index contributed by atoms with van der Waals surface area (Å²) in [6.45, 7) is 8.33. The number of fused-ring (bicyclic) bond motifs is 1. The number of guanidine groups is 2. The SMILES string of the molecule is CC(C)[C@H](N)C(=O)OCCOc1ccc(C(=O)NC[C@@H]2NC(N)=[N+]3CC(NC(=O)c4cccc5c4OCCC5(C)C)C(O)(O)[C@@]34NC(N)=[NH+][C@@H]24)cc1. The van der Waals surface area contributed by atoms with Crippen LogP contribution in [-0.4, -0.2) is 113 Å². The lowest BCUT2D eigenvalue weighted by Gasteiger charge is -2.41. The van der Waals surface area contributed by atoms with Crippen LogP contribution in [0.25, 0.3) is 0 Å². The molecule has 0 radical (unpaired) electrons. The van der Waals surface area contributed by atoms with Crippen molar-refractivity contribution in [3.63, 3.8) is 0 Å². The molecule has 4 aliphatic heterocycles. The zero-order valence-corrected chi connectivity index (χ0v) is 29.7. The van der Waals surface area contributed by atoms with Gasteiger partial charge in [0.25, 0.3) is 23.3 Å². The van der Waals surface area contributed by atoms with Crippen molar-refractivity contribution >= 4 is 29.7 Å². The summed E-state index contributed by atoms with van der Waals surface area (Å²) in [5.41, 5.74) is 18.1. The Kier molecular flexibility index (Phi) is 9.71. The molecule has 1 unspecified atom stereocenters. The third kappa shape index (κ3) is 6.43. The summed E-state index contributed by atoms with van der Waals surface area (Å²) < 4.78 is 18.2. The number of nitrogens with zero attached hydrogens (tertiary/aromatic N) is 1. The van der Waals surface area contributed by atoms with Crippen LogP contribution in [0, 0.1) is 5.92 Å². The summed E-state index contributed by atoms with van der Waals surface area (Å²) in [5.74, 6) is -3.01. The second kappa shape index (κ2) is 13.8. The summed E-state index contributed by atoms with van der Waals surface area (Å²) in [6, 6.07) is 8.28. The lowest BCUT2D eigenvalue weighted by molar-refractivity contribution is -0.674. The van der Waals surface area contributed by atoms with Gasteiger partial charge < -0.3 is 40.8 Å². The molecule has 5 atom stereocenters. The van der Waals surface area contributed by atoms with Crippen LogP contribution in [0.3, 0.4) is 0 Å². The fourth-order valence-electron chi connectivity index (χ4n) is 7.27. The molecular formula is C35H49N9O8+2. The molecule has 4 heterocycles. The Labute approximate surface area is 300 Å². The molecule has 1 saturated heterocycles. The maximum absolute atomic E-state index is 13.7. The van der Waals surface area contributed by atoms with Crippen LogP contribution >= 0.6 is 0 Å². The van der Waals surface area contributed by atoms with Gasteiger partial charge in [0.2, 0.25) is 0 Å². The average molecular weight is 724 g/mol. The minimum atomic E-state index is -2.61. The highest BCUT2D eigenvalue weighted by Gasteiger charge is 2.78. The van der Waals surface area contributed by atoms with Gasteiger partial charge in [0.15, 0.2) is 6.04 Å². The molecule has 0 aromatic heterocycles. The Bertz CT molecular complexity index is 1790. The largest absolute Gasteiger partial charge is 0.492 e. The molecule has 17 heteroatoms. The van der Waals surface area contributed by atoms with Crippen LogP contribution < -0.4 is 52.9 Å². The first-order chi connectivity index (χ1) is 24.6. The number of amides is 2. The van der Waals surface area contributed by atoms with E-state index in [1.54, 1.807) is 36.4 Å². The van der Waals surface area contributed by atoms with Crippen LogP contribution in [0.5, 0.6) is 11.5 Å². The third-order valence-electron chi connectivity index (χ3n) is 10.4. The smallest absolute Gasteiger partial charge is 0.347 e. The topological polar surface area (TPSA) is 263 Å². The van der Waals surface area contributed by atoms with Gasteiger partial charge in [0, 0.05) is 11.1 Å². The number of ether oxygens (including phenoxy) is 3. The molecule has 1 spiro atoms. The van der Waals surface area contributed by atoms with Crippen molar-refractivity contribution in [2.24, 2.45) is 23.1 Å². The van der Waals surface area contributed by atoms with Crippen molar-refractivity contribution in [3.8, 4) is 11.5 Å². The van der Waals surface area contributed by atoms with Crippen molar-refractivity contribution in [3.05, 3.63) is 59.2 Å². The van der Waals surface area contributed by atoms with E-state index in [0.29, 0.717) is 23.7 Å². The maximum Gasteiger partial charge on any atom is 0.347 e. The Balaban J connectivity index is 1.11. The summed E-state index contributed by atoms with van der Waals surface area (Å²) in [6.07, 6.45) is 0.793. The molecule has 17 nitrogen and oxygen atoms in total. The first-order valence-electron chi connectivity index (χ1n) is 17.4. The third-order valence-corrected chi connectivity index (χ3v) is 10.4. The van der Waals surface area contributed by atoms with Crippen LogP contribution in [-0.2, 0) is 14.9 Å². The highest BCUT2D eigenvalue weighted by molar-refractivity contribution is 5.98. The van der Waals surface area contributed by atoms with Crippen molar-refractivity contribution in [1.82, 2.24) is 21.3 Å². The first-order valence-corrected chi connectivity index (χ1v) is 17.4. The number of carbonyl (C=O) groups is 3. The summed E-state index contributed by atoms with van der Waals surface area (Å²) >= 11 is 0.